The number of aromatic hydroxyl groups is 1. The van der Waals surface area contributed by atoms with Crippen LogP contribution in [-0.4, -0.2) is 23.8 Å². The summed E-state index contributed by atoms with van der Waals surface area (Å²) in [6.45, 7) is 1.95. The number of nitrogens with one attached hydrogen (secondary N) is 1. The minimum absolute atomic E-state index is 0.0941. The lowest BCUT2D eigenvalue weighted by Crippen LogP contribution is -2.20. The second-order valence-electron chi connectivity index (χ2n) is 4.74. The normalized spacial score (nSPS) is 11.2. The zero-order valence-corrected chi connectivity index (χ0v) is 14.4. The van der Waals surface area contributed by atoms with Gasteiger partial charge in [-0.05, 0) is 54.4 Å². The van der Waals surface area contributed by atoms with Gasteiger partial charge in [0.05, 0.1) is 18.4 Å². The second-order valence-corrected chi connectivity index (χ2v) is 5.66. The van der Waals surface area contributed by atoms with E-state index in [0.29, 0.717) is 10.9 Å². The van der Waals surface area contributed by atoms with E-state index in [0.717, 1.165) is 17.0 Å². The molecule has 0 radical (unpaired) electrons. The summed E-state index contributed by atoms with van der Waals surface area (Å²) in [7, 11) is 1.61. The fraction of sp³-hybridized carbons (Fsp3) is 0.176. The topological polar surface area (TPSA) is 70.9 Å². The summed E-state index contributed by atoms with van der Waals surface area (Å²) in [5.41, 5.74) is 4.27. The molecule has 0 heterocycles. The van der Waals surface area contributed by atoms with Gasteiger partial charge in [-0.1, -0.05) is 22.9 Å². The number of hydrogen-bond acceptors (Lipinski definition) is 4. The highest BCUT2D eigenvalue weighted by Crippen LogP contribution is 2.21. The summed E-state index contributed by atoms with van der Waals surface area (Å²) in [4.78, 5) is 12.2. The first-order valence-electron chi connectivity index (χ1n) is 7.05. The molecule has 0 aliphatic rings. The van der Waals surface area contributed by atoms with E-state index >= 15 is 0 Å². The third-order valence-electron chi connectivity index (χ3n) is 3.25. The van der Waals surface area contributed by atoms with Crippen LogP contribution in [0.2, 0.25) is 0 Å². The Balaban J connectivity index is 2.18. The number of phenolic OH excluding ortho intramolecular Hbond substituents is 1. The van der Waals surface area contributed by atoms with Crippen LogP contribution >= 0.6 is 15.9 Å². The Morgan fingerprint density at radius 3 is 2.57 bits per heavy atom. The maximum absolute atomic E-state index is 12.2. The minimum Gasteiger partial charge on any atom is -0.507 e. The lowest BCUT2D eigenvalue weighted by Gasteiger charge is -2.07. The third kappa shape index (κ3) is 4.32. The average molecular weight is 377 g/mol. The van der Waals surface area contributed by atoms with Gasteiger partial charge in [0.15, 0.2) is 0 Å². The molecule has 0 aliphatic carbocycles. The number of methoxy groups -OCH3 is 1. The van der Waals surface area contributed by atoms with Crippen molar-refractivity contribution in [3.8, 4) is 11.5 Å². The van der Waals surface area contributed by atoms with E-state index in [1.807, 2.05) is 31.2 Å². The van der Waals surface area contributed by atoms with Gasteiger partial charge in [0, 0.05) is 4.47 Å². The predicted octanol–water partition coefficient (Wildman–Crippen LogP) is 3.71. The fourth-order valence-corrected chi connectivity index (χ4v) is 2.36. The number of rotatable bonds is 5. The fourth-order valence-electron chi connectivity index (χ4n) is 2.00. The van der Waals surface area contributed by atoms with E-state index in [4.69, 9.17) is 4.74 Å². The number of hydrazone groups is 1. The summed E-state index contributed by atoms with van der Waals surface area (Å²) in [5, 5.41) is 13.9. The van der Waals surface area contributed by atoms with Gasteiger partial charge in [-0.15, -0.1) is 0 Å². The van der Waals surface area contributed by atoms with Gasteiger partial charge in [0.25, 0.3) is 5.91 Å². The van der Waals surface area contributed by atoms with Crippen molar-refractivity contribution in [2.24, 2.45) is 5.10 Å². The van der Waals surface area contributed by atoms with Crippen LogP contribution in [0.1, 0.15) is 29.3 Å². The molecule has 2 aromatic rings. The lowest BCUT2D eigenvalue weighted by molar-refractivity contribution is 0.0952. The first-order valence-corrected chi connectivity index (χ1v) is 7.84. The summed E-state index contributed by atoms with van der Waals surface area (Å²) in [6, 6.07) is 12.1. The molecule has 5 nitrogen and oxygen atoms in total. The summed E-state index contributed by atoms with van der Waals surface area (Å²) in [6.07, 6.45) is 0.650. The molecule has 0 atom stereocenters. The molecule has 0 saturated carbocycles. The number of amides is 1. The molecule has 1 amide bonds. The molecule has 0 bridgehead atoms. The van der Waals surface area contributed by atoms with Crippen LogP contribution in [0.15, 0.2) is 52.0 Å². The van der Waals surface area contributed by atoms with Crippen LogP contribution in [0.3, 0.4) is 0 Å². The van der Waals surface area contributed by atoms with Gasteiger partial charge in [-0.2, -0.15) is 5.10 Å². The van der Waals surface area contributed by atoms with Crippen LogP contribution in [0, 0.1) is 0 Å². The highest BCUT2D eigenvalue weighted by atomic mass is 79.9. The molecule has 2 rings (SSSR count). The van der Waals surface area contributed by atoms with Crippen LogP contribution in [0.4, 0.5) is 0 Å². The second kappa shape index (κ2) is 7.78. The van der Waals surface area contributed by atoms with E-state index < -0.39 is 5.91 Å². The Morgan fingerprint density at radius 1 is 1.26 bits per heavy atom. The maximum Gasteiger partial charge on any atom is 0.275 e. The highest BCUT2D eigenvalue weighted by Gasteiger charge is 2.11. The zero-order chi connectivity index (χ0) is 16.8. The van der Waals surface area contributed by atoms with E-state index in [1.165, 1.54) is 6.07 Å². The molecule has 0 unspecified atom stereocenters. The van der Waals surface area contributed by atoms with Crippen LogP contribution in [0.25, 0.3) is 0 Å². The van der Waals surface area contributed by atoms with E-state index in [1.54, 1.807) is 19.2 Å². The third-order valence-corrected chi connectivity index (χ3v) is 3.75. The first kappa shape index (κ1) is 17.0. The van der Waals surface area contributed by atoms with Crippen molar-refractivity contribution in [2.75, 3.05) is 7.11 Å². The quantitative estimate of drug-likeness (QED) is 0.617. The molecule has 0 aromatic heterocycles. The molecule has 0 aliphatic heterocycles. The van der Waals surface area contributed by atoms with Gasteiger partial charge in [-0.3, -0.25) is 4.79 Å². The number of carbonyl (C=O) groups excluding carboxylic acids is 1. The first-order chi connectivity index (χ1) is 11.0. The van der Waals surface area contributed by atoms with Crippen molar-refractivity contribution in [3.05, 3.63) is 58.1 Å². The van der Waals surface area contributed by atoms with E-state index in [-0.39, 0.29) is 11.3 Å². The Hall–Kier alpha value is -2.34. The molecule has 0 saturated heterocycles. The van der Waals surface area contributed by atoms with Crippen molar-refractivity contribution in [2.45, 2.75) is 13.3 Å². The number of nitrogens with zero attached hydrogens (tertiary/aromatic N) is 1. The van der Waals surface area contributed by atoms with Crippen molar-refractivity contribution in [1.29, 1.82) is 0 Å². The Labute approximate surface area is 143 Å². The Kier molecular flexibility index (Phi) is 5.76. The van der Waals surface area contributed by atoms with Crippen molar-refractivity contribution < 1.29 is 14.6 Å². The number of benzene rings is 2. The molecule has 6 heteroatoms. The van der Waals surface area contributed by atoms with Gasteiger partial charge in [0.1, 0.15) is 11.5 Å². The molecule has 2 aromatic carbocycles. The molecule has 2 N–H and O–H groups in total. The largest absolute Gasteiger partial charge is 0.507 e. The van der Waals surface area contributed by atoms with Crippen molar-refractivity contribution >= 4 is 27.5 Å². The number of hydrogen-bond donors (Lipinski definition) is 2. The minimum atomic E-state index is -0.469. The molecule has 0 fully saturated rings. The number of ether oxygens (including phenoxy) is 1. The summed E-state index contributed by atoms with van der Waals surface area (Å²) >= 11 is 3.27. The summed E-state index contributed by atoms with van der Waals surface area (Å²) in [5.74, 6) is 0.193. The smallest absolute Gasteiger partial charge is 0.275 e. The maximum atomic E-state index is 12.2. The highest BCUT2D eigenvalue weighted by molar-refractivity contribution is 9.10. The number of halogens is 1. The van der Waals surface area contributed by atoms with Crippen molar-refractivity contribution in [1.82, 2.24) is 5.43 Å². The molecular formula is C17H17BrN2O3. The molecule has 23 heavy (non-hydrogen) atoms. The van der Waals surface area contributed by atoms with Gasteiger partial charge in [-0.25, -0.2) is 5.43 Å². The molecule has 120 valence electrons. The lowest BCUT2D eigenvalue weighted by atomic mass is 10.1. The standard InChI is InChI=1S/C17H17BrN2O3/c1-3-15(11-4-7-13(23-2)8-5-11)19-20-17(22)14-10-12(18)6-9-16(14)21/h4-10,21H,3H2,1-2H3,(H,20,22)/b19-15+. The molecule has 0 spiro atoms. The average Bonchev–Trinajstić information content (AvgIpc) is 2.58. The Bertz CT molecular complexity index is 727. The van der Waals surface area contributed by atoms with Gasteiger partial charge < -0.3 is 9.84 Å². The SMILES string of the molecule is CC/C(=N\NC(=O)c1cc(Br)ccc1O)c1ccc(OC)cc1. The van der Waals surface area contributed by atoms with Crippen LogP contribution < -0.4 is 10.2 Å². The van der Waals surface area contributed by atoms with Crippen molar-refractivity contribution in [3.63, 3.8) is 0 Å². The Morgan fingerprint density at radius 2 is 1.96 bits per heavy atom. The van der Waals surface area contributed by atoms with Crippen LogP contribution in [-0.2, 0) is 0 Å². The van der Waals surface area contributed by atoms with Crippen LogP contribution in [0.5, 0.6) is 11.5 Å². The van der Waals surface area contributed by atoms with E-state index in [9.17, 15) is 9.90 Å². The zero-order valence-electron chi connectivity index (χ0n) is 12.8. The van der Waals surface area contributed by atoms with E-state index in [2.05, 4.69) is 26.5 Å². The molecular weight excluding hydrogens is 360 g/mol. The predicted molar refractivity (Wildman–Crippen MR) is 93.1 cm³/mol. The monoisotopic (exact) mass is 376 g/mol. The summed E-state index contributed by atoms with van der Waals surface area (Å²) < 4.78 is 5.83. The van der Waals surface area contributed by atoms with Gasteiger partial charge in [0.2, 0.25) is 0 Å². The number of phenols is 1. The van der Waals surface area contributed by atoms with Gasteiger partial charge >= 0.3 is 0 Å². The number of carbonyl (C=O) groups is 1.